The van der Waals surface area contributed by atoms with Gasteiger partial charge in [-0.3, -0.25) is 4.79 Å². The fourth-order valence-corrected chi connectivity index (χ4v) is 6.15. The first-order valence-corrected chi connectivity index (χ1v) is 14.2. The summed E-state index contributed by atoms with van der Waals surface area (Å²) in [7, 11) is 1.43. The SMILES string of the molecule is Cc1cnc(NC2(C3CCCCC3)C=CC(N3CCOCC3)=C(C(=O)O)C2)nc1-c1ccc(C(=O)N(C)C#N)cc1. The molecule has 3 aliphatic rings. The van der Waals surface area contributed by atoms with Crippen molar-refractivity contribution in [2.45, 2.75) is 51.0 Å². The molecular weight excluding hydrogens is 520 g/mol. The highest BCUT2D eigenvalue weighted by Gasteiger charge is 2.43. The number of rotatable bonds is 7. The Kier molecular flexibility index (Phi) is 8.36. The lowest BCUT2D eigenvalue weighted by molar-refractivity contribution is -0.133. The van der Waals surface area contributed by atoms with Gasteiger partial charge in [0.2, 0.25) is 5.95 Å². The van der Waals surface area contributed by atoms with Crippen molar-refractivity contribution in [3.8, 4) is 17.5 Å². The number of carbonyl (C=O) groups is 2. The van der Waals surface area contributed by atoms with Crippen molar-refractivity contribution in [3.05, 3.63) is 65.0 Å². The van der Waals surface area contributed by atoms with Crippen molar-refractivity contribution in [1.82, 2.24) is 19.8 Å². The quantitative estimate of drug-likeness (QED) is 0.377. The summed E-state index contributed by atoms with van der Waals surface area (Å²) < 4.78 is 5.50. The van der Waals surface area contributed by atoms with Gasteiger partial charge >= 0.3 is 5.97 Å². The number of nitriles is 1. The second-order valence-electron chi connectivity index (χ2n) is 11.0. The van der Waals surface area contributed by atoms with E-state index in [9.17, 15) is 14.7 Å². The summed E-state index contributed by atoms with van der Waals surface area (Å²) >= 11 is 0. The summed E-state index contributed by atoms with van der Waals surface area (Å²) in [5.41, 5.74) is 3.35. The third kappa shape index (κ3) is 5.95. The second kappa shape index (κ2) is 12.1. The Bertz CT molecular complexity index is 1400. The summed E-state index contributed by atoms with van der Waals surface area (Å²) in [4.78, 5) is 37.5. The molecule has 10 heteroatoms. The van der Waals surface area contributed by atoms with E-state index in [0.717, 1.165) is 53.1 Å². The van der Waals surface area contributed by atoms with Crippen LogP contribution in [0, 0.1) is 24.3 Å². The summed E-state index contributed by atoms with van der Waals surface area (Å²) in [6.07, 6.45) is 13.5. The van der Waals surface area contributed by atoms with Gasteiger partial charge in [-0.15, -0.1) is 0 Å². The van der Waals surface area contributed by atoms with Gasteiger partial charge in [-0.1, -0.05) is 37.5 Å². The summed E-state index contributed by atoms with van der Waals surface area (Å²) in [6, 6.07) is 7.00. The monoisotopic (exact) mass is 556 g/mol. The summed E-state index contributed by atoms with van der Waals surface area (Å²) in [5.74, 6) is -0.605. The summed E-state index contributed by atoms with van der Waals surface area (Å²) in [5, 5.41) is 23.0. The number of nitrogens with zero attached hydrogens (tertiary/aromatic N) is 5. The average molecular weight is 557 g/mol. The van der Waals surface area contributed by atoms with Crippen LogP contribution in [-0.2, 0) is 9.53 Å². The molecule has 0 spiro atoms. The molecule has 1 saturated heterocycles. The Morgan fingerprint density at radius 1 is 1.17 bits per heavy atom. The predicted octanol–water partition coefficient (Wildman–Crippen LogP) is 4.37. The topological polar surface area (TPSA) is 132 Å². The van der Waals surface area contributed by atoms with Gasteiger partial charge in [-0.2, -0.15) is 5.26 Å². The van der Waals surface area contributed by atoms with Gasteiger partial charge in [-0.05, 0) is 49.5 Å². The van der Waals surface area contributed by atoms with E-state index in [2.05, 4.69) is 21.3 Å². The molecule has 2 N–H and O–H groups in total. The largest absolute Gasteiger partial charge is 0.478 e. The van der Waals surface area contributed by atoms with Gasteiger partial charge in [0.15, 0.2) is 6.19 Å². The molecule has 2 aliphatic carbocycles. The number of benzene rings is 1. The van der Waals surface area contributed by atoms with Crippen LogP contribution in [0.1, 0.15) is 54.4 Å². The number of nitrogens with one attached hydrogen (secondary N) is 1. The zero-order chi connectivity index (χ0) is 29.0. The fourth-order valence-electron chi connectivity index (χ4n) is 6.15. The zero-order valence-corrected chi connectivity index (χ0v) is 23.6. The third-order valence-corrected chi connectivity index (χ3v) is 8.44. The molecule has 214 valence electrons. The van der Waals surface area contributed by atoms with E-state index in [-0.39, 0.29) is 11.8 Å². The molecule has 1 aromatic carbocycles. The number of hydrogen-bond donors (Lipinski definition) is 2. The maximum Gasteiger partial charge on any atom is 0.333 e. The van der Waals surface area contributed by atoms with Crippen molar-refractivity contribution in [2.24, 2.45) is 5.92 Å². The number of aromatic nitrogens is 2. The normalized spacial score (nSPS) is 21.3. The number of allylic oxidation sites excluding steroid dienone is 1. The van der Waals surface area contributed by atoms with Gasteiger partial charge in [0.1, 0.15) is 0 Å². The van der Waals surface area contributed by atoms with Crippen molar-refractivity contribution in [2.75, 3.05) is 38.7 Å². The lowest BCUT2D eigenvalue weighted by Crippen LogP contribution is -2.49. The maximum atomic E-state index is 12.6. The molecule has 5 rings (SSSR count). The highest BCUT2D eigenvalue weighted by atomic mass is 16.5. The van der Waals surface area contributed by atoms with Gasteiger partial charge in [0.25, 0.3) is 5.91 Å². The molecule has 41 heavy (non-hydrogen) atoms. The van der Waals surface area contributed by atoms with Gasteiger partial charge in [0, 0.05) is 49.6 Å². The van der Waals surface area contributed by atoms with Crippen molar-refractivity contribution in [1.29, 1.82) is 5.26 Å². The number of ether oxygens (including phenoxy) is 1. The Labute approximate surface area is 240 Å². The summed E-state index contributed by atoms with van der Waals surface area (Å²) in [6.45, 7) is 4.43. The van der Waals surface area contributed by atoms with E-state index in [1.54, 1.807) is 18.3 Å². The lowest BCUT2D eigenvalue weighted by atomic mass is 9.69. The first-order chi connectivity index (χ1) is 19.8. The number of carboxylic acids is 1. The van der Waals surface area contributed by atoms with E-state index in [1.165, 1.54) is 13.5 Å². The Balaban J connectivity index is 1.47. The molecule has 10 nitrogen and oxygen atoms in total. The van der Waals surface area contributed by atoms with Crippen molar-refractivity contribution in [3.63, 3.8) is 0 Å². The molecule has 1 aliphatic heterocycles. The Morgan fingerprint density at radius 2 is 1.88 bits per heavy atom. The number of carbonyl (C=O) groups excluding carboxylic acids is 1. The minimum atomic E-state index is -0.903. The van der Waals surface area contributed by atoms with Crippen molar-refractivity contribution >= 4 is 17.8 Å². The van der Waals surface area contributed by atoms with Crippen LogP contribution in [0.3, 0.4) is 0 Å². The van der Waals surface area contributed by atoms with E-state index < -0.39 is 11.5 Å². The van der Waals surface area contributed by atoms with Crippen LogP contribution in [0.2, 0.25) is 0 Å². The fraction of sp³-hybridized carbons (Fsp3) is 0.452. The van der Waals surface area contributed by atoms with E-state index in [1.807, 2.05) is 31.3 Å². The number of morpholine rings is 1. The van der Waals surface area contributed by atoms with E-state index in [0.29, 0.717) is 49.8 Å². The predicted molar refractivity (Wildman–Crippen MR) is 154 cm³/mol. The van der Waals surface area contributed by atoms with Gasteiger partial charge in [0.05, 0.1) is 30.0 Å². The van der Waals surface area contributed by atoms with Gasteiger partial charge < -0.3 is 20.1 Å². The molecule has 1 atom stereocenters. The van der Waals surface area contributed by atoms with Crippen LogP contribution in [0.5, 0.6) is 0 Å². The number of carboxylic acid groups (broad SMARTS) is 1. The lowest BCUT2D eigenvalue weighted by Gasteiger charge is -2.44. The molecule has 0 bridgehead atoms. The number of anilines is 1. The van der Waals surface area contributed by atoms with E-state index >= 15 is 0 Å². The minimum absolute atomic E-state index is 0.240. The number of hydrogen-bond acceptors (Lipinski definition) is 8. The molecule has 1 unspecified atom stereocenters. The average Bonchev–Trinajstić information content (AvgIpc) is 3.02. The van der Waals surface area contributed by atoms with Crippen LogP contribution in [0.25, 0.3) is 11.3 Å². The molecule has 2 aromatic rings. The molecule has 1 aromatic heterocycles. The Hall–Kier alpha value is -4.23. The molecule has 2 fully saturated rings. The zero-order valence-electron chi connectivity index (χ0n) is 23.6. The number of aryl methyl sites for hydroxylation is 1. The Morgan fingerprint density at radius 3 is 2.54 bits per heavy atom. The first-order valence-electron chi connectivity index (χ1n) is 14.2. The molecule has 1 amide bonds. The smallest absolute Gasteiger partial charge is 0.333 e. The second-order valence-corrected chi connectivity index (χ2v) is 11.0. The van der Waals surface area contributed by atoms with Crippen LogP contribution < -0.4 is 5.32 Å². The van der Waals surface area contributed by atoms with Gasteiger partial charge in [-0.25, -0.2) is 19.7 Å². The van der Waals surface area contributed by atoms with E-state index in [4.69, 9.17) is 15.0 Å². The van der Waals surface area contributed by atoms with Crippen LogP contribution in [0.4, 0.5) is 5.95 Å². The molecular formula is C31H36N6O4. The first kappa shape index (κ1) is 28.3. The van der Waals surface area contributed by atoms with Crippen LogP contribution >= 0.6 is 0 Å². The third-order valence-electron chi connectivity index (χ3n) is 8.44. The molecule has 1 saturated carbocycles. The van der Waals surface area contributed by atoms with Crippen molar-refractivity contribution < 1.29 is 19.4 Å². The highest BCUT2D eigenvalue weighted by Crippen LogP contribution is 2.43. The van der Waals surface area contributed by atoms with Crippen LogP contribution in [-0.4, -0.2) is 75.6 Å². The van der Waals surface area contributed by atoms with Crippen LogP contribution in [0.15, 0.2) is 53.9 Å². The molecule has 0 radical (unpaired) electrons. The standard InChI is InChI=1S/C31H36N6O4/c1-21-19-33-30(34-27(21)22-8-10-23(11-9-22)28(38)36(2)20-32)35-31(24-6-4-3-5-7-24)13-12-26(25(18-31)29(39)40)37-14-16-41-17-15-37/h8-13,19,24H,3-7,14-18H2,1-2H3,(H,39,40)(H,33,34,35). The number of aliphatic carboxylic acids is 1. The maximum absolute atomic E-state index is 12.6. The highest BCUT2D eigenvalue weighted by molar-refractivity contribution is 5.95. The molecule has 2 heterocycles. The number of amides is 1. The minimum Gasteiger partial charge on any atom is -0.478 e.